The summed E-state index contributed by atoms with van der Waals surface area (Å²) in [6, 6.07) is 17.7. The van der Waals surface area contributed by atoms with Gasteiger partial charge in [-0.05, 0) is 43.7 Å². The zero-order valence-electron chi connectivity index (χ0n) is 20.6. The molecule has 4 unspecified atom stereocenters. The number of nitrogens with zero attached hydrogens (tertiary/aromatic N) is 1. The molecule has 0 N–H and O–H groups in total. The summed E-state index contributed by atoms with van der Waals surface area (Å²) >= 11 is 0. The highest BCUT2D eigenvalue weighted by molar-refractivity contribution is 5.93. The maximum absolute atomic E-state index is 13.8. The molecule has 8 heteroatoms. The maximum Gasteiger partial charge on any atom is 0.317 e. The van der Waals surface area contributed by atoms with Crippen molar-refractivity contribution in [3.8, 4) is 0 Å². The second-order valence-corrected chi connectivity index (χ2v) is 9.78. The van der Waals surface area contributed by atoms with Crippen LogP contribution >= 0.6 is 0 Å². The van der Waals surface area contributed by atoms with Crippen LogP contribution in [-0.2, 0) is 41.8 Å². The summed E-state index contributed by atoms with van der Waals surface area (Å²) in [5.41, 5.74) is -2.68. The molecule has 0 amide bonds. The first-order valence-electron chi connectivity index (χ1n) is 12.3. The number of hydrogen-bond acceptors (Lipinski definition) is 8. The highest BCUT2D eigenvalue weighted by atomic mass is 16.6. The Morgan fingerprint density at radius 3 is 2.03 bits per heavy atom. The van der Waals surface area contributed by atoms with Crippen LogP contribution in [0.15, 0.2) is 65.8 Å². The highest BCUT2D eigenvalue weighted by Crippen LogP contribution is 2.68. The van der Waals surface area contributed by atoms with E-state index >= 15 is 0 Å². The third kappa shape index (κ3) is 4.18. The molecule has 2 fully saturated rings. The zero-order valence-corrected chi connectivity index (χ0v) is 20.6. The number of benzene rings is 2. The van der Waals surface area contributed by atoms with Gasteiger partial charge in [0.25, 0.3) is 0 Å². The fourth-order valence-corrected chi connectivity index (χ4v) is 6.16. The van der Waals surface area contributed by atoms with E-state index in [0.29, 0.717) is 0 Å². The number of esters is 3. The molecule has 1 aliphatic carbocycles. The molecular formula is C28H31NO7. The SMILES string of the molecule is CCC12OC(=O)CC1(C(=O)OCc1ccccc1)CCC2(CC(C)N=O)C(=O)OCc1ccccc1. The maximum atomic E-state index is 13.8. The monoisotopic (exact) mass is 493 g/mol. The molecule has 1 saturated carbocycles. The van der Waals surface area contributed by atoms with Gasteiger partial charge in [-0.15, -0.1) is 0 Å². The summed E-state index contributed by atoms with van der Waals surface area (Å²) in [5.74, 6) is -1.75. The number of carbonyl (C=O) groups is 3. The number of fused-ring (bicyclic) bond motifs is 1. The lowest BCUT2D eigenvalue weighted by molar-refractivity contribution is -0.196. The average Bonchev–Trinajstić information content (AvgIpc) is 3.36. The van der Waals surface area contributed by atoms with Crippen molar-refractivity contribution in [1.82, 2.24) is 0 Å². The average molecular weight is 494 g/mol. The van der Waals surface area contributed by atoms with E-state index in [2.05, 4.69) is 5.18 Å². The van der Waals surface area contributed by atoms with Crippen LogP contribution < -0.4 is 0 Å². The molecule has 0 bridgehead atoms. The second kappa shape index (κ2) is 10.2. The molecule has 0 spiro atoms. The van der Waals surface area contributed by atoms with Crippen LogP contribution in [0.5, 0.6) is 0 Å². The standard InChI is InChI=1S/C28H31NO7/c1-3-28-26(16-20(2)29-33,24(31)34-18-21-10-6-4-7-11-21)14-15-27(28,17-23(30)36-28)25(32)35-19-22-12-8-5-9-13-22/h4-13,20H,3,14-19H2,1-2H3. The van der Waals surface area contributed by atoms with Gasteiger partial charge in [0.2, 0.25) is 0 Å². The quantitative estimate of drug-likeness (QED) is 0.264. The van der Waals surface area contributed by atoms with Crippen molar-refractivity contribution in [2.75, 3.05) is 0 Å². The fourth-order valence-electron chi connectivity index (χ4n) is 6.16. The first-order valence-corrected chi connectivity index (χ1v) is 12.3. The minimum Gasteiger partial charge on any atom is -0.460 e. The lowest BCUT2D eigenvalue weighted by Gasteiger charge is -2.45. The predicted molar refractivity (Wildman–Crippen MR) is 130 cm³/mol. The Morgan fingerprint density at radius 2 is 1.50 bits per heavy atom. The first kappa shape index (κ1) is 25.5. The minimum atomic E-state index is -1.50. The molecule has 1 saturated heterocycles. The lowest BCUT2D eigenvalue weighted by Crippen LogP contribution is -2.59. The van der Waals surface area contributed by atoms with Crippen LogP contribution in [0, 0.1) is 15.7 Å². The van der Waals surface area contributed by atoms with Crippen molar-refractivity contribution < 1.29 is 28.6 Å². The van der Waals surface area contributed by atoms with Gasteiger partial charge in [0.15, 0.2) is 0 Å². The van der Waals surface area contributed by atoms with Crippen molar-refractivity contribution in [3.63, 3.8) is 0 Å². The summed E-state index contributed by atoms with van der Waals surface area (Å²) in [6.45, 7) is 3.44. The van der Waals surface area contributed by atoms with Gasteiger partial charge >= 0.3 is 17.9 Å². The Kier molecular flexibility index (Phi) is 7.24. The van der Waals surface area contributed by atoms with Gasteiger partial charge in [-0.2, -0.15) is 4.91 Å². The zero-order chi connectivity index (χ0) is 25.8. The molecule has 0 aromatic heterocycles. The fraction of sp³-hybridized carbons (Fsp3) is 0.464. The van der Waals surface area contributed by atoms with E-state index in [4.69, 9.17) is 14.2 Å². The van der Waals surface area contributed by atoms with E-state index in [1.54, 1.807) is 13.8 Å². The molecule has 1 aliphatic heterocycles. The summed E-state index contributed by atoms with van der Waals surface area (Å²) in [4.78, 5) is 51.8. The van der Waals surface area contributed by atoms with Gasteiger partial charge in [0.05, 0.1) is 12.5 Å². The Hall–Kier alpha value is -3.55. The van der Waals surface area contributed by atoms with E-state index in [0.717, 1.165) is 11.1 Å². The van der Waals surface area contributed by atoms with E-state index in [1.165, 1.54) is 0 Å². The van der Waals surface area contributed by atoms with E-state index in [9.17, 15) is 19.3 Å². The molecule has 190 valence electrons. The number of rotatable bonds is 10. The van der Waals surface area contributed by atoms with Gasteiger partial charge in [0, 0.05) is 0 Å². The van der Waals surface area contributed by atoms with Crippen LogP contribution in [0.1, 0.15) is 57.1 Å². The molecule has 4 atom stereocenters. The summed E-state index contributed by atoms with van der Waals surface area (Å²) < 4.78 is 17.4. The van der Waals surface area contributed by atoms with Crippen molar-refractivity contribution in [2.45, 2.75) is 70.8 Å². The van der Waals surface area contributed by atoms with Crippen LogP contribution in [0.3, 0.4) is 0 Å². The van der Waals surface area contributed by atoms with Gasteiger partial charge in [0.1, 0.15) is 29.6 Å². The Bertz CT molecular complexity index is 1120. The van der Waals surface area contributed by atoms with Crippen molar-refractivity contribution in [1.29, 1.82) is 0 Å². The van der Waals surface area contributed by atoms with E-state index < -0.39 is 40.4 Å². The lowest BCUT2D eigenvalue weighted by atomic mass is 9.61. The number of carbonyl (C=O) groups excluding carboxylic acids is 3. The molecule has 2 aliphatic rings. The third-order valence-electron chi connectivity index (χ3n) is 7.79. The van der Waals surface area contributed by atoms with E-state index in [-0.39, 0.29) is 45.3 Å². The first-order chi connectivity index (χ1) is 17.3. The molecule has 2 aromatic carbocycles. The Morgan fingerprint density at radius 1 is 0.944 bits per heavy atom. The normalized spacial score (nSPS) is 27.6. The molecular weight excluding hydrogens is 462 g/mol. The van der Waals surface area contributed by atoms with Gasteiger partial charge < -0.3 is 14.2 Å². The van der Waals surface area contributed by atoms with Gasteiger partial charge in [-0.1, -0.05) is 72.8 Å². The highest BCUT2D eigenvalue weighted by Gasteiger charge is 2.79. The smallest absolute Gasteiger partial charge is 0.317 e. The summed E-state index contributed by atoms with van der Waals surface area (Å²) in [6.07, 6.45) is 0.406. The topological polar surface area (TPSA) is 108 Å². The van der Waals surface area contributed by atoms with Gasteiger partial charge in [-0.25, -0.2) is 0 Å². The van der Waals surface area contributed by atoms with Crippen molar-refractivity contribution in [2.24, 2.45) is 16.0 Å². The van der Waals surface area contributed by atoms with E-state index in [1.807, 2.05) is 60.7 Å². The number of hydrogen-bond donors (Lipinski definition) is 0. The second-order valence-electron chi connectivity index (χ2n) is 9.78. The molecule has 8 nitrogen and oxygen atoms in total. The number of ether oxygens (including phenoxy) is 3. The largest absolute Gasteiger partial charge is 0.460 e. The van der Waals surface area contributed by atoms with Crippen LogP contribution in [0.2, 0.25) is 0 Å². The third-order valence-corrected chi connectivity index (χ3v) is 7.79. The molecule has 0 radical (unpaired) electrons. The van der Waals surface area contributed by atoms with Gasteiger partial charge in [-0.3, -0.25) is 14.4 Å². The predicted octanol–water partition coefficient (Wildman–Crippen LogP) is 4.88. The van der Waals surface area contributed by atoms with Crippen LogP contribution in [0.4, 0.5) is 0 Å². The van der Waals surface area contributed by atoms with Crippen LogP contribution in [-0.4, -0.2) is 29.6 Å². The summed E-state index contributed by atoms with van der Waals surface area (Å²) in [5, 5.41) is 3.13. The van der Waals surface area contributed by atoms with Crippen LogP contribution in [0.25, 0.3) is 0 Å². The summed E-state index contributed by atoms with van der Waals surface area (Å²) in [7, 11) is 0. The minimum absolute atomic E-state index is 0.00103. The Labute approximate surface area is 210 Å². The Balaban J connectivity index is 1.69. The number of nitroso groups, excluding NO2 is 1. The molecule has 1 heterocycles. The molecule has 36 heavy (non-hydrogen) atoms. The van der Waals surface area contributed by atoms with Crippen molar-refractivity contribution in [3.05, 3.63) is 76.7 Å². The molecule has 2 aromatic rings. The molecule has 4 rings (SSSR count). The van der Waals surface area contributed by atoms with Crippen molar-refractivity contribution >= 4 is 17.9 Å².